The van der Waals surface area contributed by atoms with Crippen molar-refractivity contribution in [3.63, 3.8) is 0 Å². The predicted molar refractivity (Wildman–Crippen MR) is 118 cm³/mol. The molecular weight excluding hydrogens is 396 g/mol. The molecule has 2 bridgehead atoms. The van der Waals surface area contributed by atoms with Crippen molar-refractivity contribution < 1.29 is 29.0 Å². The minimum absolute atomic E-state index is 0.0274. The van der Waals surface area contributed by atoms with Gasteiger partial charge in [-0.25, -0.2) is 0 Å². The van der Waals surface area contributed by atoms with Crippen molar-refractivity contribution >= 4 is 17.9 Å². The van der Waals surface area contributed by atoms with Crippen molar-refractivity contribution in [1.82, 2.24) is 0 Å². The molecule has 31 heavy (non-hydrogen) atoms. The Kier molecular flexibility index (Phi) is 7.24. The van der Waals surface area contributed by atoms with Gasteiger partial charge in [0.1, 0.15) is 11.7 Å². The lowest BCUT2D eigenvalue weighted by atomic mass is 9.65. The van der Waals surface area contributed by atoms with E-state index in [9.17, 15) is 19.5 Å². The molecule has 2 aliphatic carbocycles. The van der Waals surface area contributed by atoms with Gasteiger partial charge in [0, 0.05) is 0 Å². The number of ether oxygens (including phenoxy) is 2. The van der Waals surface area contributed by atoms with Crippen LogP contribution in [0, 0.1) is 28.1 Å². The number of fused-ring (bicyclic) bond motifs is 2. The lowest BCUT2D eigenvalue weighted by molar-refractivity contribution is -0.177. The number of carboxylic acids is 1. The highest BCUT2D eigenvalue weighted by Gasteiger charge is 2.51. The maximum atomic E-state index is 13.3. The fourth-order valence-corrected chi connectivity index (χ4v) is 5.47. The molecule has 0 aliphatic heterocycles. The Hall–Kier alpha value is -1.59. The molecule has 1 N–H and O–H groups in total. The van der Waals surface area contributed by atoms with Gasteiger partial charge in [0.25, 0.3) is 0 Å². The van der Waals surface area contributed by atoms with Gasteiger partial charge in [0.15, 0.2) is 0 Å². The Bertz CT molecular complexity index is 705. The van der Waals surface area contributed by atoms with Crippen molar-refractivity contribution in [1.29, 1.82) is 0 Å². The summed E-state index contributed by atoms with van der Waals surface area (Å²) in [6, 6.07) is 0. The molecule has 0 aromatic heterocycles. The molecule has 0 amide bonds. The monoisotopic (exact) mass is 438 g/mol. The van der Waals surface area contributed by atoms with E-state index in [4.69, 9.17) is 9.47 Å². The average Bonchev–Trinajstić information content (AvgIpc) is 3.22. The number of carboxylic acid groups (broad SMARTS) is 1. The van der Waals surface area contributed by atoms with Crippen molar-refractivity contribution in [2.75, 3.05) is 0 Å². The molecule has 178 valence electrons. The lowest BCUT2D eigenvalue weighted by Gasteiger charge is -2.41. The van der Waals surface area contributed by atoms with Crippen LogP contribution in [0.5, 0.6) is 0 Å². The zero-order valence-corrected chi connectivity index (χ0v) is 20.7. The molecule has 2 saturated carbocycles. The number of hydrogen-bond donors (Lipinski definition) is 1. The fraction of sp³-hybridized carbons (Fsp3) is 0.880. The molecule has 6 heteroatoms. The molecule has 2 rings (SSSR count). The summed E-state index contributed by atoms with van der Waals surface area (Å²) in [4.78, 5) is 38.4. The third-order valence-electron chi connectivity index (χ3n) is 7.29. The zero-order chi connectivity index (χ0) is 23.8. The van der Waals surface area contributed by atoms with E-state index in [-0.39, 0.29) is 24.9 Å². The zero-order valence-electron chi connectivity index (χ0n) is 20.7. The SMILES string of the molecule is CCC(C)(CC(C)(CC(C)(C)C(=O)O)C(=O)OC(C)(C)C)C(=O)OC1CC2CCC1C2. The molecule has 5 unspecified atom stereocenters. The topological polar surface area (TPSA) is 89.9 Å². The normalized spacial score (nSPS) is 27.3. The van der Waals surface area contributed by atoms with Gasteiger partial charge in [-0.3, -0.25) is 14.4 Å². The number of esters is 2. The minimum atomic E-state index is -1.15. The minimum Gasteiger partial charge on any atom is -0.481 e. The highest BCUT2D eigenvalue weighted by atomic mass is 16.6. The van der Waals surface area contributed by atoms with Crippen LogP contribution >= 0.6 is 0 Å². The Labute approximate surface area is 187 Å². The van der Waals surface area contributed by atoms with E-state index < -0.39 is 33.8 Å². The van der Waals surface area contributed by atoms with Crippen LogP contribution < -0.4 is 0 Å². The smallest absolute Gasteiger partial charge is 0.312 e. The van der Waals surface area contributed by atoms with E-state index >= 15 is 0 Å². The lowest BCUT2D eigenvalue weighted by Crippen LogP contribution is -2.46. The standard InChI is InChI=1S/C25H42O6/c1-9-24(7,20(28)30-18-13-16-10-11-17(18)12-16)15-25(8,14-23(5,6)19(26)27)21(29)31-22(2,3)4/h16-18H,9-15H2,1-8H3,(H,26,27). The number of carbonyl (C=O) groups is 3. The van der Waals surface area contributed by atoms with Crippen LogP contribution in [0.2, 0.25) is 0 Å². The molecular formula is C25H42O6. The van der Waals surface area contributed by atoms with Gasteiger partial charge in [0.05, 0.1) is 16.2 Å². The van der Waals surface area contributed by atoms with E-state index in [1.54, 1.807) is 41.5 Å². The van der Waals surface area contributed by atoms with Crippen molar-refractivity contribution in [2.45, 2.75) is 112 Å². The summed E-state index contributed by atoms with van der Waals surface area (Å²) in [6.07, 6.45) is 5.15. The van der Waals surface area contributed by atoms with Crippen LogP contribution in [-0.4, -0.2) is 34.7 Å². The Balaban J connectivity index is 2.26. The number of hydrogen-bond acceptors (Lipinski definition) is 5. The second-order valence-corrected chi connectivity index (χ2v) is 12.1. The second-order valence-electron chi connectivity index (χ2n) is 12.1. The molecule has 5 atom stereocenters. The number of rotatable bonds is 9. The van der Waals surface area contributed by atoms with Gasteiger partial charge < -0.3 is 14.6 Å². The molecule has 0 radical (unpaired) electrons. The van der Waals surface area contributed by atoms with Crippen LogP contribution in [0.15, 0.2) is 0 Å². The first kappa shape index (κ1) is 25.7. The van der Waals surface area contributed by atoms with Crippen molar-refractivity contribution in [3.8, 4) is 0 Å². The molecule has 0 aromatic rings. The van der Waals surface area contributed by atoms with E-state index in [2.05, 4.69) is 0 Å². The third kappa shape index (κ3) is 6.01. The van der Waals surface area contributed by atoms with E-state index in [1.165, 1.54) is 6.42 Å². The van der Waals surface area contributed by atoms with Crippen molar-refractivity contribution in [3.05, 3.63) is 0 Å². The summed E-state index contributed by atoms with van der Waals surface area (Å²) in [7, 11) is 0. The van der Waals surface area contributed by atoms with Gasteiger partial charge in [0.2, 0.25) is 0 Å². The van der Waals surface area contributed by atoms with E-state index in [1.807, 2.05) is 13.8 Å². The largest absolute Gasteiger partial charge is 0.481 e. The maximum absolute atomic E-state index is 13.3. The molecule has 0 saturated heterocycles. The summed E-state index contributed by atoms with van der Waals surface area (Å²) in [5, 5.41) is 9.69. The van der Waals surface area contributed by atoms with Gasteiger partial charge in [-0.15, -0.1) is 0 Å². The summed E-state index contributed by atoms with van der Waals surface area (Å²) in [5.41, 5.74) is -3.90. The summed E-state index contributed by atoms with van der Waals surface area (Å²) >= 11 is 0. The Morgan fingerprint density at radius 3 is 1.90 bits per heavy atom. The van der Waals surface area contributed by atoms with Crippen LogP contribution in [0.4, 0.5) is 0 Å². The first-order valence-electron chi connectivity index (χ1n) is 11.7. The first-order valence-corrected chi connectivity index (χ1v) is 11.7. The highest BCUT2D eigenvalue weighted by molar-refractivity contribution is 5.82. The first-order chi connectivity index (χ1) is 14.0. The van der Waals surface area contributed by atoms with Crippen LogP contribution in [-0.2, 0) is 23.9 Å². The molecule has 2 aliphatic rings. The van der Waals surface area contributed by atoms with E-state index in [0.717, 1.165) is 19.3 Å². The van der Waals surface area contributed by atoms with Gasteiger partial charge in [-0.1, -0.05) is 6.92 Å². The highest BCUT2D eigenvalue weighted by Crippen LogP contribution is 2.49. The molecule has 2 fully saturated rings. The van der Waals surface area contributed by atoms with Crippen LogP contribution in [0.1, 0.15) is 100 Å². The quantitative estimate of drug-likeness (QED) is 0.487. The molecule has 0 spiro atoms. The summed E-state index contributed by atoms with van der Waals surface area (Å²) in [6.45, 7) is 14.1. The maximum Gasteiger partial charge on any atom is 0.312 e. The van der Waals surface area contributed by atoms with Crippen molar-refractivity contribution in [2.24, 2.45) is 28.1 Å². The molecule has 6 nitrogen and oxygen atoms in total. The summed E-state index contributed by atoms with van der Waals surface area (Å²) < 4.78 is 11.7. The van der Waals surface area contributed by atoms with Gasteiger partial charge >= 0.3 is 17.9 Å². The number of carbonyl (C=O) groups excluding carboxylic acids is 2. The van der Waals surface area contributed by atoms with Crippen LogP contribution in [0.25, 0.3) is 0 Å². The van der Waals surface area contributed by atoms with Gasteiger partial charge in [-0.05, 0) is 105 Å². The molecule has 0 heterocycles. The predicted octanol–water partition coefficient (Wildman–Crippen LogP) is 5.37. The summed E-state index contributed by atoms with van der Waals surface area (Å²) in [5.74, 6) is -0.612. The van der Waals surface area contributed by atoms with Crippen LogP contribution in [0.3, 0.4) is 0 Å². The second kappa shape index (κ2) is 8.74. The average molecular weight is 439 g/mol. The molecule has 0 aromatic carbocycles. The number of aliphatic carboxylic acids is 1. The fourth-order valence-electron chi connectivity index (χ4n) is 5.47. The van der Waals surface area contributed by atoms with E-state index in [0.29, 0.717) is 18.3 Å². The third-order valence-corrected chi connectivity index (χ3v) is 7.29. The Morgan fingerprint density at radius 1 is 0.871 bits per heavy atom. The van der Waals surface area contributed by atoms with Gasteiger partial charge in [-0.2, -0.15) is 0 Å². The Morgan fingerprint density at radius 2 is 1.48 bits per heavy atom.